The first-order chi connectivity index (χ1) is 12.5. The van der Waals surface area contributed by atoms with Gasteiger partial charge in [-0.2, -0.15) is 0 Å². The molecule has 0 spiro atoms. The summed E-state index contributed by atoms with van der Waals surface area (Å²) in [6, 6.07) is 14.5. The van der Waals surface area contributed by atoms with Gasteiger partial charge in [0.15, 0.2) is 0 Å². The predicted octanol–water partition coefficient (Wildman–Crippen LogP) is 3.86. The van der Waals surface area contributed by atoms with Crippen LogP contribution in [-0.2, 0) is 11.4 Å². The van der Waals surface area contributed by atoms with E-state index in [0.29, 0.717) is 48.9 Å². The molecule has 2 aromatic carbocycles. The number of carboxylic acids is 1. The summed E-state index contributed by atoms with van der Waals surface area (Å²) < 4.78 is 5.77. The molecule has 5 nitrogen and oxygen atoms in total. The Morgan fingerprint density at radius 1 is 1.12 bits per heavy atom. The summed E-state index contributed by atoms with van der Waals surface area (Å²) in [5.41, 5.74) is 1.49. The molecule has 0 aliphatic carbocycles. The third kappa shape index (κ3) is 4.55. The Bertz CT molecular complexity index is 800. The number of carbonyl (C=O) groups excluding carboxylic acids is 1. The second-order valence-corrected chi connectivity index (χ2v) is 6.79. The van der Waals surface area contributed by atoms with Crippen LogP contribution in [0.15, 0.2) is 48.5 Å². The molecule has 3 rings (SSSR count). The van der Waals surface area contributed by atoms with E-state index in [4.69, 9.17) is 21.4 Å². The minimum absolute atomic E-state index is 0.0953. The number of aliphatic carboxylic acids is 1. The molecule has 136 valence electrons. The number of amides is 1. The molecular formula is C20H20ClNO4. The lowest BCUT2D eigenvalue weighted by Crippen LogP contribution is -2.40. The zero-order chi connectivity index (χ0) is 18.5. The van der Waals surface area contributed by atoms with Crippen LogP contribution in [0.25, 0.3) is 0 Å². The SMILES string of the molecule is O=C(O)C1CCN(C(=O)c2cccc(OCc3cccc(Cl)c3)c2)CC1. The summed E-state index contributed by atoms with van der Waals surface area (Å²) in [6.45, 7) is 1.29. The van der Waals surface area contributed by atoms with Crippen LogP contribution >= 0.6 is 11.6 Å². The lowest BCUT2D eigenvalue weighted by Gasteiger charge is -2.30. The standard InChI is InChI=1S/C20H20ClNO4/c21-17-5-1-3-14(11-17)13-26-18-6-2-4-16(12-18)19(23)22-9-7-15(8-10-22)20(24)25/h1-6,11-12,15H,7-10,13H2,(H,24,25). The van der Waals surface area contributed by atoms with Crippen molar-refractivity contribution in [2.75, 3.05) is 13.1 Å². The molecule has 1 saturated heterocycles. The maximum absolute atomic E-state index is 12.7. The minimum atomic E-state index is -0.784. The van der Waals surface area contributed by atoms with Crippen molar-refractivity contribution in [1.82, 2.24) is 4.90 Å². The fourth-order valence-electron chi connectivity index (χ4n) is 3.02. The van der Waals surface area contributed by atoms with Gasteiger partial charge >= 0.3 is 5.97 Å². The maximum atomic E-state index is 12.7. The van der Waals surface area contributed by atoms with Crippen LogP contribution in [-0.4, -0.2) is 35.0 Å². The normalized spacial score (nSPS) is 14.9. The Kier molecular flexibility index (Phi) is 5.78. The van der Waals surface area contributed by atoms with E-state index in [1.54, 1.807) is 35.2 Å². The molecule has 1 N–H and O–H groups in total. The fraction of sp³-hybridized carbons (Fsp3) is 0.300. The maximum Gasteiger partial charge on any atom is 0.306 e. The number of hydrogen-bond donors (Lipinski definition) is 1. The molecule has 0 atom stereocenters. The lowest BCUT2D eigenvalue weighted by atomic mass is 9.96. The third-order valence-electron chi connectivity index (χ3n) is 4.51. The summed E-state index contributed by atoms with van der Waals surface area (Å²) in [5, 5.41) is 9.71. The molecule has 2 aromatic rings. The topological polar surface area (TPSA) is 66.8 Å². The first-order valence-electron chi connectivity index (χ1n) is 8.52. The monoisotopic (exact) mass is 373 g/mol. The summed E-state index contributed by atoms with van der Waals surface area (Å²) in [7, 11) is 0. The quantitative estimate of drug-likeness (QED) is 0.864. The van der Waals surface area contributed by atoms with E-state index in [-0.39, 0.29) is 11.8 Å². The molecular weight excluding hydrogens is 354 g/mol. The van der Waals surface area contributed by atoms with Crippen molar-refractivity contribution in [3.8, 4) is 5.75 Å². The first kappa shape index (κ1) is 18.3. The van der Waals surface area contributed by atoms with Gasteiger partial charge < -0.3 is 14.7 Å². The molecule has 1 aliphatic heterocycles. The van der Waals surface area contributed by atoms with Gasteiger partial charge in [0.2, 0.25) is 0 Å². The molecule has 0 aromatic heterocycles. The van der Waals surface area contributed by atoms with Crippen LogP contribution in [0.1, 0.15) is 28.8 Å². The summed E-state index contributed by atoms with van der Waals surface area (Å²) in [5.74, 6) is -0.627. The Labute approximate surface area is 157 Å². The molecule has 1 heterocycles. The van der Waals surface area contributed by atoms with Gasteiger partial charge in [0.05, 0.1) is 5.92 Å². The highest BCUT2D eigenvalue weighted by Crippen LogP contribution is 2.22. The molecule has 1 fully saturated rings. The van der Waals surface area contributed by atoms with E-state index in [0.717, 1.165) is 5.56 Å². The summed E-state index contributed by atoms with van der Waals surface area (Å²) in [6.07, 6.45) is 0.984. The second-order valence-electron chi connectivity index (χ2n) is 6.35. The number of benzene rings is 2. The van der Waals surface area contributed by atoms with Crippen molar-refractivity contribution in [1.29, 1.82) is 0 Å². The van der Waals surface area contributed by atoms with Crippen molar-refractivity contribution < 1.29 is 19.4 Å². The number of halogens is 1. The first-order valence-corrected chi connectivity index (χ1v) is 8.90. The average molecular weight is 374 g/mol. The van der Waals surface area contributed by atoms with E-state index in [9.17, 15) is 9.59 Å². The van der Waals surface area contributed by atoms with Crippen LogP contribution < -0.4 is 4.74 Å². The van der Waals surface area contributed by atoms with Gasteiger partial charge in [-0.3, -0.25) is 9.59 Å². The van der Waals surface area contributed by atoms with E-state index >= 15 is 0 Å². The molecule has 1 aliphatic rings. The van der Waals surface area contributed by atoms with Crippen LogP contribution in [0, 0.1) is 5.92 Å². The number of likely N-dealkylation sites (tertiary alicyclic amines) is 1. The summed E-state index contributed by atoms with van der Waals surface area (Å²) in [4.78, 5) is 25.4. The lowest BCUT2D eigenvalue weighted by molar-refractivity contribution is -0.143. The van der Waals surface area contributed by atoms with E-state index in [2.05, 4.69) is 0 Å². The van der Waals surface area contributed by atoms with Crippen molar-refractivity contribution in [3.63, 3.8) is 0 Å². The Hall–Kier alpha value is -2.53. The zero-order valence-corrected chi connectivity index (χ0v) is 15.0. The molecule has 1 amide bonds. The Morgan fingerprint density at radius 2 is 1.85 bits per heavy atom. The highest BCUT2D eigenvalue weighted by molar-refractivity contribution is 6.30. The number of carboxylic acid groups (broad SMARTS) is 1. The van der Waals surface area contributed by atoms with Crippen LogP contribution in [0.4, 0.5) is 0 Å². The molecule has 6 heteroatoms. The smallest absolute Gasteiger partial charge is 0.306 e. The van der Waals surface area contributed by atoms with Crippen molar-refractivity contribution >= 4 is 23.5 Å². The second kappa shape index (κ2) is 8.23. The number of rotatable bonds is 5. The van der Waals surface area contributed by atoms with Gasteiger partial charge in [0.25, 0.3) is 5.91 Å². The highest BCUT2D eigenvalue weighted by Gasteiger charge is 2.27. The fourth-order valence-corrected chi connectivity index (χ4v) is 3.24. The van der Waals surface area contributed by atoms with Gasteiger partial charge in [-0.25, -0.2) is 0 Å². The Morgan fingerprint density at radius 3 is 2.54 bits per heavy atom. The molecule has 26 heavy (non-hydrogen) atoms. The third-order valence-corrected chi connectivity index (χ3v) is 4.74. The van der Waals surface area contributed by atoms with Crippen LogP contribution in [0.3, 0.4) is 0 Å². The van der Waals surface area contributed by atoms with Gasteiger partial charge in [0.1, 0.15) is 12.4 Å². The van der Waals surface area contributed by atoms with E-state index in [1.165, 1.54) is 0 Å². The van der Waals surface area contributed by atoms with Gasteiger partial charge in [-0.1, -0.05) is 29.8 Å². The predicted molar refractivity (Wildman–Crippen MR) is 98.5 cm³/mol. The van der Waals surface area contributed by atoms with Crippen LogP contribution in [0.2, 0.25) is 5.02 Å². The molecule has 0 saturated carbocycles. The van der Waals surface area contributed by atoms with Crippen LogP contribution in [0.5, 0.6) is 5.75 Å². The van der Waals surface area contributed by atoms with Crippen molar-refractivity contribution in [3.05, 3.63) is 64.7 Å². The summed E-state index contributed by atoms with van der Waals surface area (Å²) >= 11 is 5.97. The van der Waals surface area contributed by atoms with Gasteiger partial charge in [-0.05, 0) is 48.7 Å². The number of piperidine rings is 1. The molecule has 0 radical (unpaired) electrons. The van der Waals surface area contributed by atoms with Crippen molar-refractivity contribution in [2.24, 2.45) is 5.92 Å². The number of hydrogen-bond acceptors (Lipinski definition) is 3. The number of carbonyl (C=O) groups is 2. The van der Waals surface area contributed by atoms with E-state index < -0.39 is 5.97 Å². The minimum Gasteiger partial charge on any atom is -0.489 e. The number of nitrogens with zero attached hydrogens (tertiary/aromatic N) is 1. The molecule has 0 unspecified atom stereocenters. The van der Waals surface area contributed by atoms with E-state index in [1.807, 2.05) is 18.2 Å². The average Bonchev–Trinajstić information content (AvgIpc) is 2.66. The van der Waals surface area contributed by atoms with Gasteiger partial charge in [0, 0.05) is 23.7 Å². The zero-order valence-electron chi connectivity index (χ0n) is 14.2. The molecule has 0 bridgehead atoms. The largest absolute Gasteiger partial charge is 0.489 e. The van der Waals surface area contributed by atoms with Crippen molar-refractivity contribution in [2.45, 2.75) is 19.4 Å². The van der Waals surface area contributed by atoms with Gasteiger partial charge in [-0.15, -0.1) is 0 Å². The number of ether oxygens (including phenoxy) is 1. The highest BCUT2D eigenvalue weighted by atomic mass is 35.5. The Balaban J connectivity index is 1.61.